The van der Waals surface area contributed by atoms with Crippen LogP contribution in [0.2, 0.25) is 0 Å². The van der Waals surface area contributed by atoms with Gasteiger partial charge in [0.1, 0.15) is 11.6 Å². The van der Waals surface area contributed by atoms with Gasteiger partial charge in [0.05, 0.1) is 27.9 Å². The smallest absolute Gasteiger partial charge is 0.270 e. The lowest BCUT2D eigenvalue weighted by molar-refractivity contribution is -0.384. The summed E-state index contributed by atoms with van der Waals surface area (Å²) >= 11 is 1.19. The Balaban J connectivity index is 1.65. The summed E-state index contributed by atoms with van der Waals surface area (Å²) in [5.41, 5.74) is 1.03. The number of aromatic nitrogens is 1. The number of hydrogen-bond acceptors (Lipinski definition) is 6. The molecule has 150 valence electrons. The lowest BCUT2D eigenvalue weighted by Gasteiger charge is -2.16. The van der Waals surface area contributed by atoms with E-state index < -0.39 is 10.8 Å². The zero-order valence-corrected chi connectivity index (χ0v) is 16.2. The second kappa shape index (κ2) is 8.26. The van der Waals surface area contributed by atoms with Gasteiger partial charge < -0.3 is 4.42 Å². The fourth-order valence-corrected chi connectivity index (χ4v) is 3.79. The fraction of sp³-hybridized carbons (Fsp3) is 0.0476. The summed E-state index contributed by atoms with van der Waals surface area (Å²) in [4.78, 5) is 29.3. The zero-order valence-electron chi connectivity index (χ0n) is 15.4. The molecular formula is C21H14FN3O4S. The first kappa shape index (κ1) is 19.5. The minimum absolute atomic E-state index is 0.0646. The van der Waals surface area contributed by atoms with Crippen LogP contribution in [0.15, 0.2) is 71.4 Å². The maximum absolute atomic E-state index is 13.5. The third-order valence-electron chi connectivity index (χ3n) is 4.23. The second-order valence-corrected chi connectivity index (χ2v) is 7.31. The molecule has 7 nitrogen and oxygen atoms in total. The standard InChI is InChI=1S/C21H14FN3O4S/c22-15-7-8-18-19(12-15)30-21(23-18)24(13-17-5-2-10-29-17)20(26)9-6-14-3-1-4-16(11-14)25(27)28/h1-12H,13H2/b9-6+. The van der Waals surface area contributed by atoms with Crippen molar-refractivity contribution in [1.82, 2.24) is 4.98 Å². The van der Waals surface area contributed by atoms with Gasteiger partial charge in [-0.25, -0.2) is 9.37 Å². The molecule has 0 aliphatic carbocycles. The molecule has 2 heterocycles. The van der Waals surface area contributed by atoms with Crippen molar-refractivity contribution in [3.63, 3.8) is 0 Å². The quantitative estimate of drug-likeness (QED) is 0.242. The topological polar surface area (TPSA) is 89.5 Å². The molecule has 4 aromatic rings. The lowest BCUT2D eigenvalue weighted by atomic mass is 10.2. The molecule has 0 saturated heterocycles. The molecule has 2 aromatic carbocycles. The first-order valence-electron chi connectivity index (χ1n) is 8.82. The summed E-state index contributed by atoms with van der Waals surface area (Å²) in [6.07, 6.45) is 4.32. The Hall–Kier alpha value is -3.85. The number of carbonyl (C=O) groups is 1. The first-order valence-corrected chi connectivity index (χ1v) is 9.64. The fourth-order valence-electron chi connectivity index (χ4n) is 2.80. The van der Waals surface area contributed by atoms with E-state index in [1.54, 1.807) is 30.3 Å². The average molecular weight is 423 g/mol. The molecule has 9 heteroatoms. The summed E-state index contributed by atoms with van der Waals surface area (Å²) in [6.45, 7) is 0.132. The number of benzene rings is 2. The van der Waals surface area contributed by atoms with E-state index >= 15 is 0 Å². The summed E-state index contributed by atoms with van der Waals surface area (Å²) < 4.78 is 19.5. The van der Waals surface area contributed by atoms with Gasteiger partial charge in [-0.1, -0.05) is 23.5 Å². The van der Waals surface area contributed by atoms with Crippen molar-refractivity contribution in [1.29, 1.82) is 0 Å². The van der Waals surface area contributed by atoms with Gasteiger partial charge in [-0.2, -0.15) is 0 Å². The Morgan fingerprint density at radius 1 is 1.23 bits per heavy atom. The number of rotatable bonds is 6. The van der Waals surface area contributed by atoms with E-state index in [1.807, 2.05) is 0 Å². The van der Waals surface area contributed by atoms with E-state index in [4.69, 9.17) is 4.42 Å². The highest BCUT2D eigenvalue weighted by atomic mass is 32.1. The number of thiazole rings is 1. The minimum atomic E-state index is -0.497. The number of halogens is 1. The van der Waals surface area contributed by atoms with Crippen molar-refractivity contribution in [2.45, 2.75) is 6.54 Å². The van der Waals surface area contributed by atoms with Crippen LogP contribution in [0.5, 0.6) is 0 Å². The van der Waals surface area contributed by atoms with Crippen molar-refractivity contribution in [2.75, 3.05) is 4.90 Å². The number of fused-ring (bicyclic) bond motifs is 1. The number of amides is 1. The van der Waals surface area contributed by atoms with Crippen molar-refractivity contribution >= 4 is 44.4 Å². The van der Waals surface area contributed by atoms with E-state index in [1.165, 1.54) is 58.9 Å². The van der Waals surface area contributed by atoms with Crippen LogP contribution in [0.25, 0.3) is 16.3 Å². The van der Waals surface area contributed by atoms with Gasteiger partial charge in [-0.15, -0.1) is 0 Å². The predicted octanol–water partition coefficient (Wildman–Crippen LogP) is 5.18. The van der Waals surface area contributed by atoms with E-state index in [0.717, 1.165) is 0 Å². The molecule has 0 unspecified atom stereocenters. The van der Waals surface area contributed by atoms with Gasteiger partial charge in [0.2, 0.25) is 0 Å². The van der Waals surface area contributed by atoms with Crippen molar-refractivity contribution in [3.05, 3.63) is 94.2 Å². The molecule has 2 aromatic heterocycles. The Morgan fingerprint density at radius 2 is 2.10 bits per heavy atom. The van der Waals surface area contributed by atoms with Crippen LogP contribution in [0.1, 0.15) is 11.3 Å². The van der Waals surface area contributed by atoms with E-state index in [9.17, 15) is 19.3 Å². The molecule has 0 aliphatic rings. The number of nitrogens with zero attached hydrogens (tertiary/aromatic N) is 3. The van der Waals surface area contributed by atoms with Crippen LogP contribution in [-0.4, -0.2) is 15.8 Å². The molecule has 0 aliphatic heterocycles. The van der Waals surface area contributed by atoms with Gasteiger partial charge in [0, 0.05) is 18.2 Å². The summed E-state index contributed by atoms with van der Waals surface area (Å²) in [5.74, 6) is -0.220. The predicted molar refractivity (Wildman–Crippen MR) is 112 cm³/mol. The first-order chi connectivity index (χ1) is 14.5. The Bertz CT molecular complexity index is 1250. The van der Waals surface area contributed by atoms with E-state index in [-0.39, 0.29) is 18.0 Å². The number of nitro benzene ring substituents is 1. The van der Waals surface area contributed by atoms with Crippen LogP contribution in [0.4, 0.5) is 15.2 Å². The Labute approximate surface area is 173 Å². The third-order valence-corrected chi connectivity index (χ3v) is 5.27. The maximum atomic E-state index is 13.5. The number of furan rings is 1. The Morgan fingerprint density at radius 3 is 2.87 bits per heavy atom. The molecule has 0 saturated carbocycles. The van der Waals surface area contributed by atoms with Crippen molar-refractivity contribution in [3.8, 4) is 0 Å². The van der Waals surface area contributed by atoms with Gasteiger partial charge in [-0.3, -0.25) is 19.8 Å². The number of non-ortho nitro benzene ring substituents is 1. The van der Waals surface area contributed by atoms with Crippen molar-refractivity contribution < 1.29 is 18.5 Å². The van der Waals surface area contributed by atoms with Gasteiger partial charge >= 0.3 is 0 Å². The molecule has 30 heavy (non-hydrogen) atoms. The van der Waals surface area contributed by atoms with Crippen LogP contribution >= 0.6 is 11.3 Å². The SMILES string of the molecule is O=C(/C=C/c1cccc([N+](=O)[O-])c1)N(Cc1ccco1)c1nc2ccc(F)cc2s1. The number of carbonyl (C=O) groups excluding carboxylic acids is 1. The highest BCUT2D eigenvalue weighted by Crippen LogP contribution is 2.30. The van der Waals surface area contributed by atoms with E-state index in [0.29, 0.717) is 26.7 Å². The molecule has 4 rings (SSSR count). The summed E-state index contributed by atoms with van der Waals surface area (Å²) in [6, 6.07) is 13.6. The molecule has 0 fully saturated rings. The summed E-state index contributed by atoms with van der Waals surface area (Å²) in [7, 11) is 0. The van der Waals surface area contributed by atoms with Crippen LogP contribution in [-0.2, 0) is 11.3 Å². The highest BCUT2D eigenvalue weighted by Gasteiger charge is 2.20. The molecule has 0 bridgehead atoms. The molecular weight excluding hydrogens is 409 g/mol. The van der Waals surface area contributed by atoms with Gasteiger partial charge in [-0.05, 0) is 42.0 Å². The molecule has 1 amide bonds. The Kier molecular flexibility index (Phi) is 5.36. The number of nitro groups is 1. The van der Waals surface area contributed by atoms with Crippen LogP contribution in [0, 0.1) is 15.9 Å². The minimum Gasteiger partial charge on any atom is -0.467 e. The molecule has 0 N–H and O–H groups in total. The lowest BCUT2D eigenvalue weighted by Crippen LogP contribution is -2.28. The van der Waals surface area contributed by atoms with E-state index in [2.05, 4.69) is 4.98 Å². The zero-order chi connectivity index (χ0) is 21.1. The monoisotopic (exact) mass is 423 g/mol. The highest BCUT2D eigenvalue weighted by molar-refractivity contribution is 7.22. The van der Waals surface area contributed by atoms with Gasteiger partial charge in [0.25, 0.3) is 11.6 Å². The average Bonchev–Trinajstić information content (AvgIpc) is 3.39. The molecule has 0 atom stereocenters. The molecule has 0 spiro atoms. The largest absolute Gasteiger partial charge is 0.467 e. The number of hydrogen-bond donors (Lipinski definition) is 0. The summed E-state index contributed by atoms with van der Waals surface area (Å²) in [5, 5.41) is 11.3. The number of anilines is 1. The van der Waals surface area contributed by atoms with Gasteiger partial charge in [0.15, 0.2) is 5.13 Å². The van der Waals surface area contributed by atoms with Crippen LogP contribution in [0.3, 0.4) is 0 Å². The third kappa shape index (κ3) is 4.26. The maximum Gasteiger partial charge on any atom is 0.270 e. The van der Waals surface area contributed by atoms with Crippen LogP contribution < -0.4 is 4.90 Å². The molecule has 0 radical (unpaired) electrons. The second-order valence-electron chi connectivity index (χ2n) is 6.30. The van der Waals surface area contributed by atoms with Crippen molar-refractivity contribution in [2.24, 2.45) is 0 Å². The normalized spacial score (nSPS) is 11.2.